The standard InChI is InChI=1S/C14H8Cl3N3O/c15-8-3-1-7(2-4-8)13-18-14(20-19-13)10-5-9(16)6-11(17)12(10)21/h1-6,21H,(H,18,19,20). The van der Waals surface area contributed by atoms with E-state index in [0.29, 0.717) is 27.3 Å². The Labute approximate surface area is 135 Å². The average Bonchev–Trinajstić information content (AvgIpc) is 2.93. The maximum absolute atomic E-state index is 10.00. The molecule has 0 aliphatic heterocycles. The number of aromatic hydroxyl groups is 1. The third kappa shape index (κ3) is 2.83. The van der Waals surface area contributed by atoms with Crippen molar-refractivity contribution in [1.82, 2.24) is 15.2 Å². The summed E-state index contributed by atoms with van der Waals surface area (Å²) >= 11 is 17.7. The van der Waals surface area contributed by atoms with Gasteiger partial charge < -0.3 is 5.11 Å². The second-order valence-corrected chi connectivity index (χ2v) is 5.58. The number of aromatic amines is 1. The van der Waals surface area contributed by atoms with E-state index in [-0.39, 0.29) is 10.8 Å². The number of phenolic OH excluding ortho intramolecular Hbond substituents is 1. The van der Waals surface area contributed by atoms with E-state index in [2.05, 4.69) is 15.2 Å². The molecule has 0 saturated carbocycles. The highest BCUT2D eigenvalue weighted by Crippen LogP contribution is 2.36. The first kappa shape index (κ1) is 14.2. The molecule has 3 aromatic rings. The normalized spacial score (nSPS) is 10.8. The molecule has 0 amide bonds. The molecule has 21 heavy (non-hydrogen) atoms. The lowest BCUT2D eigenvalue weighted by atomic mass is 10.2. The van der Waals surface area contributed by atoms with Gasteiger partial charge in [-0.25, -0.2) is 4.98 Å². The summed E-state index contributed by atoms with van der Waals surface area (Å²) < 4.78 is 0. The van der Waals surface area contributed by atoms with Crippen LogP contribution in [0.25, 0.3) is 22.8 Å². The Balaban J connectivity index is 2.04. The quantitative estimate of drug-likeness (QED) is 0.704. The highest BCUT2D eigenvalue weighted by atomic mass is 35.5. The summed E-state index contributed by atoms with van der Waals surface area (Å²) in [5.74, 6) is 0.763. The van der Waals surface area contributed by atoms with Gasteiger partial charge in [-0.1, -0.05) is 34.8 Å². The minimum Gasteiger partial charge on any atom is -0.506 e. The van der Waals surface area contributed by atoms with Crippen LogP contribution in [0.3, 0.4) is 0 Å². The fourth-order valence-corrected chi connectivity index (χ4v) is 2.48. The van der Waals surface area contributed by atoms with Gasteiger partial charge in [-0.05, 0) is 36.4 Å². The maximum atomic E-state index is 10.00. The fraction of sp³-hybridized carbons (Fsp3) is 0. The molecule has 1 heterocycles. The first-order chi connectivity index (χ1) is 10.0. The van der Waals surface area contributed by atoms with Crippen molar-refractivity contribution in [2.75, 3.05) is 0 Å². The second kappa shape index (κ2) is 5.56. The predicted molar refractivity (Wildman–Crippen MR) is 83.9 cm³/mol. The first-order valence-electron chi connectivity index (χ1n) is 5.91. The van der Waals surface area contributed by atoms with Crippen LogP contribution in [0.1, 0.15) is 0 Å². The smallest absolute Gasteiger partial charge is 0.181 e. The van der Waals surface area contributed by atoms with Crippen LogP contribution >= 0.6 is 34.8 Å². The van der Waals surface area contributed by atoms with E-state index in [1.54, 1.807) is 30.3 Å². The SMILES string of the molecule is Oc1c(Cl)cc(Cl)cc1-c1nc(-c2ccc(Cl)cc2)n[nH]1. The number of halogens is 3. The second-order valence-electron chi connectivity index (χ2n) is 4.30. The van der Waals surface area contributed by atoms with Gasteiger partial charge in [0.2, 0.25) is 0 Å². The van der Waals surface area contributed by atoms with E-state index in [9.17, 15) is 5.11 Å². The molecule has 0 aliphatic rings. The minimum atomic E-state index is -0.0973. The van der Waals surface area contributed by atoms with E-state index < -0.39 is 0 Å². The molecule has 0 unspecified atom stereocenters. The number of hydrogen-bond acceptors (Lipinski definition) is 3. The van der Waals surface area contributed by atoms with Crippen molar-refractivity contribution in [3.63, 3.8) is 0 Å². The van der Waals surface area contributed by atoms with Gasteiger partial charge in [-0.2, -0.15) is 5.10 Å². The largest absolute Gasteiger partial charge is 0.506 e. The molecule has 0 spiro atoms. The van der Waals surface area contributed by atoms with Gasteiger partial charge in [0.25, 0.3) is 0 Å². The Morgan fingerprint density at radius 3 is 2.38 bits per heavy atom. The third-order valence-electron chi connectivity index (χ3n) is 2.87. The molecule has 0 radical (unpaired) electrons. The molecule has 2 aromatic carbocycles. The van der Waals surface area contributed by atoms with Gasteiger partial charge >= 0.3 is 0 Å². The Bertz CT molecular complexity index is 800. The molecule has 7 heteroatoms. The first-order valence-corrected chi connectivity index (χ1v) is 7.04. The van der Waals surface area contributed by atoms with Gasteiger partial charge in [0.05, 0.1) is 10.6 Å². The summed E-state index contributed by atoms with van der Waals surface area (Å²) in [5.41, 5.74) is 1.19. The molecule has 4 nitrogen and oxygen atoms in total. The van der Waals surface area contributed by atoms with Crippen molar-refractivity contribution >= 4 is 34.8 Å². The van der Waals surface area contributed by atoms with Crippen LogP contribution in [0.15, 0.2) is 36.4 Å². The van der Waals surface area contributed by atoms with E-state index >= 15 is 0 Å². The van der Waals surface area contributed by atoms with E-state index in [1.165, 1.54) is 6.07 Å². The topological polar surface area (TPSA) is 61.8 Å². The van der Waals surface area contributed by atoms with Crippen LogP contribution in [0.4, 0.5) is 0 Å². The molecule has 0 saturated heterocycles. The van der Waals surface area contributed by atoms with Gasteiger partial charge in [0, 0.05) is 15.6 Å². The molecular formula is C14H8Cl3N3O. The zero-order valence-electron chi connectivity index (χ0n) is 10.4. The molecule has 0 aliphatic carbocycles. The molecular weight excluding hydrogens is 333 g/mol. The van der Waals surface area contributed by atoms with Crippen molar-refractivity contribution < 1.29 is 5.11 Å². The van der Waals surface area contributed by atoms with Crippen LogP contribution < -0.4 is 0 Å². The summed E-state index contributed by atoms with van der Waals surface area (Å²) in [4.78, 5) is 4.34. The fourth-order valence-electron chi connectivity index (χ4n) is 1.86. The molecule has 0 atom stereocenters. The van der Waals surface area contributed by atoms with Crippen molar-refractivity contribution in [2.24, 2.45) is 0 Å². The zero-order chi connectivity index (χ0) is 15.0. The van der Waals surface area contributed by atoms with Gasteiger partial charge in [-0.3, -0.25) is 5.10 Å². The molecule has 106 valence electrons. The number of aromatic nitrogens is 3. The van der Waals surface area contributed by atoms with Crippen LogP contribution in [-0.4, -0.2) is 20.3 Å². The molecule has 2 N–H and O–H groups in total. The Hall–Kier alpha value is -1.75. The Kier molecular flexibility index (Phi) is 3.76. The zero-order valence-corrected chi connectivity index (χ0v) is 12.7. The highest BCUT2D eigenvalue weighted by Gasteiger charge is 2.14. The Morgan fingerprint density at radius 2 is 1.67 bits per heavy atom. The number of phenols is 1. The van der Waals surface area contributed by atoms with Gasteiger partial charge in [0.1, 0.15) is 5.75 Å². The monoisotopic (exact) mass is 339 g/mol. The average molecular weight is 341 g/mol. The van der Waals surface area contributed by atoms with E-state index in [4.69, 9.17) is 34.8 Å². The summed E-state index contributed by atoms with van der Waals surface area (Å²) in [7, 11) is 0. The third-order valence-corrected chi connectivity index (χ3v) is 3.63. The maximum Gasteiger partial charge on any atom is 0.181 e. The van der Waals surface area contributed by atoms with Crippen molar-refractivity contribution in [1.29, 1.82) is 0 Å². The summed E-state index contributed by atoms with van der Waals surface area (Å²) in [6.07, 6.45) is 0. The summed E-state index contributed by atoms with van der Waals surface area (Å²) in [5, 5.41) is 18.1. The minimum absolute atomic E-state index is 0.0973. The molecule has 0 fully saturated rings. The highest BCUT2D eigenvalue weighted by molar-refractivity contribution is 6.36. The van der Waals surface area contributed by atoms with Gasteiger partial charge in [-0.15, -0.1) is 0 Å². The predicted octanol–water partition coefficient (Wildman–Crippen LogP) is 4.80. The summed E-state index contributed by atoms with van der Waals surface area (Å²) in [6, 6.07) is 10.1. The van der Waals surface area contributed by atoms with Gasteiger partial charge in [0.15, 0.2) is 11.6 Å². The van der Waals surface area contributed by atoms with E-state index in [0.717, 1.165) is 5.56 Å². The Morgan fingerprint density at radius 1 is 0.952 bits per heavy atom. The molecule has 0 bridgehead atoms. The van der Waals surface area contributed by atoms with Crippen molar-refractivity contribution in [3.05, 3.63) is 51.5 Å². The number of nitrogens with one attached hydrogen (secondary N) is 1. The lowest BCUT2D eigenvalue weighted by Crippen LogP contribution is -1.84. The van der Waals surface area contributed by atoms with Crippen molar-refractivity contribution in [2.45, 2.75) is 0 Å². The van der Waals surface area contributed by atoms with Crippen molar-refractivity contribution in [3.8, 4) is 28.5 Å². The number of benzene rings is 2. The lowest BCUT2D eigenvalue weighted by Gasteiger charge is -2.03. The molecule has 1 aromatic heterocycles. The lowest BCUT2D eigenvalue weighted by molar-refractivity contribution is 0.477. The summed E-state index contributed by atoms with van der Waals surface area (Å²) in [6.45, 7) is 0. The van der Waals surface area contributed by atoms with Crippen LogP contribution in [0, 0.1) is 0 Å². The molecule has 3 rings (SSSR count). The number of rotatable bonds is 2. The number of H-pyrrole nitrogens is 1. The van der Waals surface area contributed by atoms with Crippen LogP contribution in [-0.2, 0) is 0 Å². The van der Waals surface area contributed by atoms with Crippen LogP contribution in [0.2, 0.25) is 15.1 Å². The number of nitrogens with zero attached hydrogens (tertiary/aromatic N) is 2. The number of hydrogen-bond donors (Lipinski definition) is 2. The van der Waals surface area contributed by atoms with E-state index in [1.807, 2.05) is 0 Å². The van der Waals surface area contributed by atoms with Crippen LogP contribution in [0.5, 0.6) is 5.75 Å².